The van der Waals surface area contributed by atoms with Crippen molar-refractivity contribution in [1.82, 2.24) is 4.72 Å². The topological polar surface area (TPSA) is 64.6 Å². The predicted octanol–water partition coefficient (Wildman–Crippen LogP) is 2.88. The smallest absolute Gasteiger partial charge is 0.240 e. The van der Waals surface area contributed by atoms with Crippen LogP contribution < -0.4 is 9.46 Å². The number of sulfonamides is 1. The Labute approximate surface area is 134 Å². The fraction of sp³-hybridized carbons (Fsp3) is 0.625. The maximum atomic E-state index is 12.2. The lowest BCUT2D eigenvalue weighted by atomic mass is 10.2. The van der Waals surface area contributed by atoms with Crippen LogP contribution in [0, 0.1) is 6.92 Å². The molecule has 0 fully saturated rings. The molecule has 1 aromatic rings. The molecule has 0 atom stereocenters. The van der Waals surface area contributed by atoms with E-state index in [-0.39, 0.29) is 4.90 Å². The van der Waals surface area contributed by atoms with Crippen molar-refractivity contribution in [2.75, 3.05) is 26.9 Å². The van der Waals surface area contributed by atoms with Gasteiger partial charge in [0.05, 0.1) is 11.5 Å². The van der Waals surface area contributed by atoms with Crippen molar-refractivity contribution in [1.29, 1.82) is 0 Å². The zero-order valence-corrected chi connectivity index (χ0v) is 14.5. The normalized spacial score (nSPS) is 11.6. The van der Waals surface area contributed by atoms with Gasteiger partial charge < -0.3 is 9.47 Å². The first-order valence-electron chi connectivity index (χ1n) is 7.73. The summed E-state index contributed by atoms with van der Waals surface area (Å²) in [6, 6.07) is 4.90. The number of methoxy groups -OCH3 is 1. The van der Waals surface area contributed by atoms with Crippen molar-refractivity contribution in [3.8, 4) is 5.75 Å². The van der Waals surface area contributed by atoms with Gasteiger partial charge in [0, 0.05) is 13.7 Å². The molecule has 1 aromatic carbocycles. The van der Waals surface area contributed by atoms with E-state index >= 15 is 0 Å². The lowest BCUT2D eigenvalue weighted by Gasteiger charge is -2.11. The second-order valence-corrected chi connectivity index (χ2v) is 6.99. The molecule has 0 aliphatic carbocycles. The third kappa shape index (κ3) is 6.34. The molecular weight excluding hydrogens is 302 g/mol. The Morgan fingerprint density at radius 1 is 1.14 bits per heavy atom. The summed E-state index contributed by atoms with van der Waals surface area (Å²) in [6.45, 7) is 5.39. The summed E-state index contributed by atoms with van der Waals surface area (Å²) < 4.78 is 37.5. The van der Waals surface area contributed by atoms with Gasteiger partial charge in [-0.2, -0.15) is 0 Å². The van der Waals surface area contributed by atoms with Crippen molar-refractivity contribution in [2.45, 2.75) is 44.4 Å². The van der Waals surface area contributed by atoms with Gasteiger partial charge in [-0.25, -0.2) is 13.1 Å². The minimum absolute atomic E-state index is 0.277. The molecule has 22 heavy (non-hydrogen) atoms. The van der Waals surface area contributed by atoms with Crippen molar-refractivity contribution >= 4 is 10.0 Å². The van der Waals surface area contributed by atoms with Crippen LogP contribution in [0.1, 0.15) is 38.2 Å². The van der Waals surface area contributed by atoms with Gasteiger partial charge in [-0.3, -0.25) is 0 Å². The van der Waals surface area contributed by atoms with Crippen molar-refractivity contribution in [3.63, 3.8) is 0 Å². The second kappa shape index (κ2) is 9.82. The largest absolute Gasteiger partial charge is 0.491 e. The van der Waals surface area contributed by atoms with Gasteiger partial charge in [-0.05, 0) is 37.1 Å². The molecule has 126 valence electrons. The van der Waals surface area contributed by atoms with E-state index in [0.717, 1.165) is 31.2 Å². The summed E-state index contributed by atoms with van der Waals surface area (Å²) in [5, 5.41) is 0. The van der Waals surface area contributed by atoms with Crippen LogP contribution in [0.25, 0.3) is 0 Å². The van der Waals surface area contributed by atoms with Crippen LogP contribution in [0.5, 0.6) is 5.75 Å². The first-order chi connectivity index (χ1) is 10.5. The first kappa shape index (κ1) is 18.9. The molecular formula is C16H27NO4S. The highest BCUT2D eigenvalue weighted by Gasteiger charge is 2.14. The summed E-state index contributed by atoms with van der Waals surface area (Å²) >= 11 is 0. The Bertz CT molecular complexity index is 543. The van der Waals surface area contributed by atoms with Gasteiger partial charge in [-0.1, -0.05) is 26.2 Å². The van der Waals surface area contributed by atoms with E-state index in [9.17, 15) is 8.42 Å². The van der Waals surface area contributed by atoms with Gasteiger partial charge >= 0.3 is 0 Å². The molecule has 0 amide bonds. The maximum Gasteiger partial charge on any atom is 0.240 e. The van der Waals surface area contributed by atoms with Gasteiger partial charge in [0.1, 0.15) is 12.4 Å². The van der Waals surface area contributed by atoms with Gasteiger partial charge in [0.15, 0.2) is 0 Å². The van der Waals surface area contributed by atoms with Gasteiger partial charge in [0.2, 0.25) is 10.0 Å². The average Bonchev–Trinajstić information content (AvgIpc) is 2.48. The highest BCUT2D eigenvalue weighted by Crippen LogP contribution is 2.21. The molecule has 0 spiro atoms. The Morgan fingerprint density at radius 3 is 2.55 bits per heavy atom. The number of benzene rings is 1. The highest BCUT2D eigenvalue weighted by molar-refractivity contribution is 7.89. The molecule has 0 aliphatic rings. The molecule has 0 aromatic heterocycles. The van der Waals surface area contributed by atoms with E-state index in [0.29, 0.717) is 25.5 Å². The number of ether oxygens (including phenoxy) is 2. The number of nitrogens with one attached hydrogen (secondary N) is 1. The lowest BCUT2D eigenvalue weighted by Crippen LogP contribution is -2.24. The summed E-state index contributed by atoms with van der Waals surface area (Å²) in [4.78, 5) is 0.277. The molecule has 0 heterocycles. The molecule has 0 aliphatic heterocycles. The van der Waals surface area contributed by atoms with E-state index < -0.39 is 10.0 Å². The molecule has 1 rings (SSSR count). The van der Waals surface area contributed by atoms with Gasteiger partial charge in [-0.15, -0.1) is 0 Å². The number of unbranched alkanes of at least 4 members (excludes halogenated alkanes) is 3. The van der Waals surface area contributed by atoms with Crippen LogP contribution in [-0.4, -0.2) is 35.3 Å². The van der Waals surface area contributed by atoms with E-state index in [4.69, 9.17) is 9.47 Å². The monoisotopic (exact) mass is 329 g/mol. The minimum Gasteiger partial charge on any atom is -0.491 e. The Balaban J connectivity index is 2.61. The lowest BCUT2D eigenvalue weighted by molar-refractivity contribution is 0.146. The van der Waals surface area contributed by atoms with E-state index in [2.05, 4.69) is 11.6 Å². The minimum atomic E-state index is -3.44. The number of hydrogen-bond donors (Lipinski definition) is 1. The van der Waals surface area contributed by atoms with Gasteiger partial charge in [0.25, 0.3) is 0 Å². The van der Waals surface area contributed by atoms with Crippen molar-refractivity contribution in [2.24, 2.45) is 0 Å². The van der Waals surface area contributed by atoms with Crippen LogP contribution in [-0.2, 0) is 14.8 Å². The molecule has 0 saturated heterocycles. The van der Waals surface area contributed by atoms with E-state index in [1.165, 1.54) is 0 Å². The molecule has 0 unspecified atom stereocenters. The standard InChI is InChI=1S/C16H27NO4S/c1-4-5-6-7-10-17-22(18,19)15-8-9-16(14(2)13-15)21-12-11-20-3/h8-9,13,17H,4-7,10-12H2,1-3H3. The summed E-state index contributed by atoms with van der Waals surface area (Å²) in [5.41, 5.74) is 0.796. The summed E-state index contributed by atoms with van der Waals surface area (Å²) in [6.07, 6.45) is 4.18. The predicted molar refractivity (Wildman–Crippen MR) is 87.9 cm³/mol. The number of hydrogen-bond acceptors (Lipinski definition) is 4. The third-order valence-corrected chi connectivity index (χ3v) is 4.78. The fourth-order valence-electron chi connectivity index (χ4n) is 2.03. The van der Waals surface area contributed by atoms with Crippen LogP contribution >= 0.6 is 0 Å². The second-order valence-electron chi connectivity index (χ2n) is 5.23. The number of rotatable bonds is 11. The van der Waals surface area contributed by atoms with E-state index in [1.54, 1.807) is 25.3 Å². The molecule has 5 nitrogen and oxygen atoms in total. The fourth-order valence-corrected chi connectivity index (χ4v) is 3.19. The Kier molecular flexibility index (Phi) is 8.45. The highest BCUT2D eigenvalue weighted by atomic mass is 32.2. The molecule has 0 saturated carbocycles. The Morgan fingerprint density at radius 2 is 1.91 bits per heavy atom. The molecule has 0 radical (unpaired) electrons. The first-order valence-corrected chi connectivity index (χ1v) is 9.21. The quantitative estimate of drug-likeness (QED) is 0.634. The molecule has 6 heteroatoms. The van der Waals surface area contributed by atoms with Crippen LogP contribution in [0.3, 0.4) is 0 Å². The number of aryl methyl sites for hydroxylation is 1. The SMILES string of the molecule is CCCCCCNS(=O)(=O)c1ccc(OCCOC)c(C)c1. The molecule has 1 N–H and O–H groups in total. The van der Waals surface area contributed by atoms with E-state index in [1.807, 2.05) is 6.92 Å². The maximum absolute atomic E-state index is 12.2. The third-order valence-electron chi connectivity index (χ3n) is 3.32. The van der Waals surface area contributed by atoms with Crippen LogP contribution in [0.15, 0.2) is 23.1 Å². The summed E-state index contributed by atoms with van der Waals surface area (Å²) in [5.74, 6) is 0.680. The average molecular weight is 329 g/mol. The Hall–Kier alpha value is -1.11. The van der Waals surface area contributed by atoms with Crippen LogP contribution in [0.2, 0.25) is 0 Å². The van der Waals surface area contributed by atoms with Crippen molar-refractivity contribution < 1.29 is 17.9 Å². The molecule has 0 bridgehead atoms. The van der Waals surface area contributed by atoms with Crippen LogP contribution in [0.4, 0.5) is 0 Å². The zero-order valence-electron chi connectivity index (χ0n) is 13.7. The summed E-state index contributed by atoms with van der Waals surface area (Å²) in [7, 11) is -1.83. The zero-order chi connectivity index (χ0) is 16.4. The van der Waals surface area contributed by atoms with Crippen molar-refractivity contribution in [3.05, 3.63) is 23.8 Å².